The number of nitrogens with one attached hydrogen (secondary N) is 1. The number of aliphatic hydroxyl groups is 1. The van der Waals surface area contributed by atoms with Gasteiger partial charge in [-0.05, 0) is 12.1 Å². The molecule has 112 valence electrons. The quantitative estimate of drug-likeness (QED) is 0.739. The van der Waals surface area contributed by atoms with E-state index in [1.807, 2.05) is 30.3 Å². The Bertz CT molecular complexity index is 379. The van der Waals surface area contributed by atoms with Gasteiger partial charge in [0.05, 0.1) is 6.61 Å². The molecule has 1 aliphatic rings. The molecule has 0 saturated carbocycles. The lowest BCUT2D eigenvalue weighted by atomic mass is 10.0. The Morgan fingerprint density at radius 1 is 1.40 bits per heavy atom. The number of benzene rings is 1. The van der Waals surface area contributed by atoms with Crippen molar-refractivity contribution in [2.45, 2.75) is 18.1 Å². The summed E-state index contributed by atoms with van der Waals surface area (Å²) in [5.41, 5.74) is -0.250. The van der Waals surface area contributed by atoms with Crippen molar-refractivity contribution >= 4 is 0 Å². The van der Waals surface area contributed by atoms with Gasteiger partial charge in [-0.1, -0.05) is 18.2 Å². The Morgan fingerprint density at radius 2 is 2.20 bits per heavy atom. The second-order valence-corrected chi connectivity index (χ2v) is 5.10. The summed E-state index contributed by atoms with van der Waals surface area (Å²) >= 11 is 0. The molecule has 0 aromatic heterocycles. The van der Waals surface area contributed by atoms with E-state index in [0.717, 1.165) is 18.8 Å². The van der Waals surface area contributed by atoms with Crippen molar-refractivity contribution in [3.8, 4) is 5.75 Å². The average molecular weight is 281 g/mol. The van der Waals surface area contributed by atoms with Crippen molar-refractivity contribution in [2.24, 2.45) is 0 Å². The Morgan fingerprint density at radius 3 is 2.85 bits per heavy atom. The highest BCUT2D eigenvalue weighted by Crippen LogP contribution is 2.21. The van der Waals surface area contributed by atoms with Crippen LogP contribution in [0, 0.1) is 0 Å². The molecule has 2 atom stereocenters. The van der Waals surface area contributed by atoms with E-state index in [-0.39, 0.29) is 12.2 Å². The van der Waals surface area contributed by atoms with Gasteiger partial charge in [-0.25, -0.2) is 0 Å². The summed E-state index contributed by atoms with van der Waals surface area (Å²) in [7, 11) is 1.70. The zero-order valence-electron chi connectivity index (χ0n) is 11.9. The van der Waals surface area contributed by atoms with E-state index >= 15 is 0 Å². The summed E-state index contributed by atoms with van der Waals surface area (Å²) < 4.78 is 16.4. The molecule has 1 saturated heterocycles. The molecular formula is C15H23NO4. The second kappa shape index (κ2) is 7.59. The first-order chi connectivity index (χ1) is 9.74. The summed E-state index contributed by atoms with van der Waals surface area (Å²) in [6, 6.07) is 9.48. The minimum Gasteiger partial charge on any atom is -0.491 e. The zero-order chi connectivity index (χ0) is 14.3. The fraction of sp³-hybridized carbons (Fsp3) is 0.600. The molecule has 1 aliphatic heterocycles. The fourth-order valence-corrected chi connectivity index (χ4v) is 2.20. The number of para-hydroxylation sites is 1. The van der Waals surface area contributed by atoms with E-state index in [4.69, 9.17) is 14.2 Å². The number of hydrogen-bond acceptors (Lipinski definition) is 5. The monoisotopic (exact) mass is 281 g/mol. The van der Waals surface area contributed by atoms with Crippen LogP contribution in [-0.2, 0) is 9.47 Å². The molecule has 1 aromatic rings. The average Bonchev–Trinajstić information content (AvgIpc) is 2.96. The molecule has 5 heteroatoms. The summed E-state index contributed by atoms with van der Waals surface area (Å²) in [5, 5.41) is 13.1. The third kappa shape index (κ3) is 4.45. The standard InChI is InChI=1S/C15H23NO4/c1-18-15(7-8-19-12-15)11-16-9-13(17)10-20-14-5-3-2-4-6-14/h2-6,13,16-17H,7-12H2,1H3. The molecule has 0 spiro atoms. The molecule has 2 N–H and O–H groups in total. The van der Waals surface area contributed by atoms with Gasteiger partial charge in [-0.15, -0.1) is 0 Å². The number of rotatable bonds is 8. The van der Waals surface area contributed by atoms with Crippen LogP contribution in [0.3, 0.4) is 0 Å². The van der Waals surface area contributed by atoms with Gasteiger partial charge in [0.25, 0.3) is 0 Å². The van der Waals surface area contributed by atoms with Crippen LogP contribution in [0.4, 0.5) is 0 Å². The Kier molecular flexibility index (Phi) is 5.79. The molecular weight excluding hydrogens is 258 g/mol. The number of aliphatic hydroxyl groups excluding tert-OH is 1. The van der Waals surface area contributed by atoms with Gasteiger partial charge in [0.15, 0.2) is 0 Å². The predicted molar refractivity (Wildman–Crippen MR) is 76.0 cm³/mol. The molecule has 5 nitrogen and oxygen atoms in total. The van der Waals surface area contributed by atoms with Gasteiger partial charge in [-0.2, -0.15) is 0 Å². The lowest BCUT2D eigenvalue weighted by Crippen LogP contribution is -2.45. The molecule has 2 unspecified atom stereocenters. The van der Waals surface area contributed by atoms with E-state index in [0.29, 0.717) is 19.7 Å². The minimum absolute atomic E-state index is 0.250. The fourth-order valence-electron chi connectivity index (χ4n) is 2.20. The zero-order valence-corrected chi connectivity index (χ0v) is 11.9. The van der Waals surface area contributed by atoms with Crippen LogP contribution in [0.5, 0.6) is 5.75 Å². The Hall–Kier alpha value is -1.14. The smallest absolute Gasteiger partial charge is 0.119 e. The maximum Gasteiger partial charge on any atom is 0.119 e. The minimum atomic E-state index is -0.550. The van der Waals surface area contributed by atoms with Crippen LogP contribution in [0.2, 0.25) is 0 Å². The number of methoxy groups -OCH3 is 1. The normalized spacial score (nSPS) is 23.7. The number of ether oxygens (including phenoxy) is 3. The van der Waals surface area contributed by atoms with Gasteiger partial charge in [0, 0.05) is 33.2 Å². The van der Waals surface area contributed by atoms with Crippen molar-refractivity contribution in [1.29, 1.82) is 0 Å². The van der Waals surface area contributed by atoms with E-state index in [1.54, 1.807) is 7.11 Å². The molecule has 20 heavy (non-hydrogen) atoms. The molecule has 1 fully saturated rings. The molecule has 1 heterocycles. The SMILES string of the molecule is COC1(CNCC(O)COc2ccccc2)CCOC1. The Labute approximate surface area is 119 Å². The van der Waals surface area contributed by atoms with E-state index < -0.39 is 6.10 Å². The summed E-state index contributed by atoms with van der Waals surface area (Å²) in [4.78, 5) is 0. The first kappa shape index (κ1) is 15.3. The summed E-state index contributed by atoms with van der Waals surface area (Å²) in [6.07, 6.45) is 0.332. The van der Waals surface area contributed by atoms with Crippen LogP contribution >= 0.6 is 0 Å². The molecule has 0 radical (unpaired) electrons. The highest BCUT2D eigenvalue weighted by atomic mass is 16.5. The van der Waals surface area contributed by atoms with Crippen LogP contribution in [0.1, 0.15) is 6.42 Å². The largest absolute Gasteiger partial charge is 0.491 e. The van der Waals surface area contributed by atoms with Crippen molar-refractivity contribution in [3.63, 3.8) is 0 Å². The van der Waals surface area contributed by atoms with Crippen LogP contribution < -0.4 is 10.1 Å². The highest BCUT2D eigenvalue weighted by molar-refractivity contribution is 5.20. The van der Waals surface area contributed by atoms with Crippen LogP contribution in [0.25, 0.3) is 0 Å². The molecule has 0 bridgehead atoms. The van der Waals surface area contributed by atoms with E-state index in [1.165, 1.54) is 0 Å². The summed E-state index contributed by atoms with van der Waals surface area (Å²) in [5.74, 6) is 0.768. The molecule has 1 aromatic carbocycles. The lowest BCUT2D eigenvalue weighted by Gasteiger charge is -2.26. The highest BCUT2D eigenvalue weighted by Gasteiger charge is 2.34. The second-order valence-electron chi connectivity index (χ2n) is 5.10. The molecule has 2 rings (SSSR count). The maximum atomic E-state index is 9.88. The molecule has 0 aliphatic carbocycles. The predicted octanol–water partition coefficient (Wildman–Crippen LogP) is 0.821. The lowest BCUT2D eigenvalue weighted by molar-refractivity contribution is -0.0180. The van der Waals surface area contributed by atoms with Crippen LogP contribution in [0.15, 0.2) is 30.3 Å². The maximum absolute atomic E-state index is 9.88. The topological polar surface area (TPSA) is 60.0 Å². The number of hydrogen-bond donors (Lipinski definition) is 2. The molecule has 0 amide bonds. The van der Waals surface area contributed by atoms with E-state index in [9.17, 15) is 5.11 Å². The van der Waals surface area contributed by atoms with E-state index in [2.05, 4.69) is 5.32 Å². The first-order valence-corrected chi connectivity index (χ1v) is 6.94. The van der Waals surface area contributed by atoms with Gasteiger partial charge >= 0.3 is 0 Å². The van der Waals surface area contributed by atoms with Crippen LogP contribution in [-0.4, -0.2) is 56.8 Å². The van der Waals surface area contributed by atoms with Crippen molar-refractivity contribution in [2.75, 3.05) is 40.0 Å². The van der Waals surface area contributed by atoms with Gasteiger partial charge < -0.3 is 24.6 Å². The van der Waals surface area contributed by atoms with Gasteiger partial charge in [0.1, 0.15) is 24.1 Å². The Balaban J connectivity index is 1.64. The third-order valence-electron chi connectivity index (χ3n) is 3.51. The van der Waals surface area contributed by atoms with Gasteiger partial charge in [0.2, 0.25) is 0 Å². The van der Waals surface area contributed by atoms with Gasteiger partial charge in [-0.3, -0.25) is 0 Å². The third-order valence-corrected chi connectivity index (χ3v) is 3.51. The first-order valence-electron chi connectivity index (χ1n) is 6.94. The van der Waals surface area contributed by atoms with Crippen molar-refractivity contribution in [1.82, 2.24) is 5.32 Å². The summed E-state index contributed by atoms with van der Waals surface area (Å²) in [6.45, 7) is 2.75. The van der Waals surface area contributed by atoms with Crippen molar-refractivity contribution < 1.29 is 19.3 Å². The van der Waals surface area contributed by atoms with Crippen molar-refractivity contribution in [3.05, 3.63) is 30.3 Å².